The summed E-state index contributed by atoms with van der Waals surface area (Å²) in [6.07, 6.45) is 4.97. The number of amides is 1. The summed E-state index contributed by atoms with van der Waals surface area (Å²) in [7, 11) is 0. The SMILES string of the molecule is C.CC.Cc1ccc(N2CCN(C(=O)CCCC3=CC(F)=CCC3CF)CC2)c(C)c1. The zero-order valence-electron chi connectivity index (χ0n) is 18.9. The van der Waals surface area contributed by atoms with Crippen LogP contribution in [0.2, 0.25) is 0 Å². The molecule has 1 aromatic carbocycles. The van der Waals surface area contributed by atoms with Gasteiger partial charge in [0.15, 0.2) is 0 Å². The normalized spacial score (nSPS) is 18.3. The maximum atomic E-state index is 13.4. The minimum Gasteiger partial charge on any atom is -0.368 e. The third-order valence-electron chi connectivity index (χ3n) is 5.81. The Kier molecular flexibility index (Phi) is 11.5. The zero-order valence-corrected chi connectivity index (χ0v) is 18.9. The highest BCUT2D eigenvalue weighted by Crippen LogP contribution is 2.29. The second-order valence-electron chi connectivity index (χ2n) is 7.91. The van der Waals surface area contributed by atoms with Crippen LogP contribution in [0.25, 0.3) is 0 Å². The molecule has 0 spiro atoms. The Hall–Kier alpha value is -2.17. The molecule has 1 aliphatic carbocycles. The van der Waals surface area contributed by atoms with E-state index in [1.807, 2.05) is 18.7 Å². The predicted octanol–water partition coefficient (Wildman–Crippen LogP) is 6.55. The Morgan fingerprint density at radius 1 is 1.13 bits per heavy atom. The van der Waals surface area contributed by atoms with E-state index < -0.39 is 6.67 Å². The first-order valence-electron chi connectivity index (χ1n) is 11.2. The molecule has 31 heavy (non-hydrogen) atoms. The molecule has 0 aromatic heterocycles. The van der Waals surface area contributed by atoms with Crippen molar-refractivity contribution in [2.75, 3.05) is 37.8 Å². The topological polar surface area (TPSA) is 23.6 Å². The number of piperazine rings is 1. The van der Waals surface area contributed by atoms with Gasteiger partial charge in [0.25, 0.3) is 0 Å². The van der Waals surface area contributed by atoms with Crippen LogP contribution in [0.1, 0.15) is 58.1 Å². The molecule has 1 aromatic rings. The first kappa shape index (κ1) is 26.9. The molecule has 0 N–H and O–H groups in total. The van der Waals surface area contributed by atoms with Crippen molar-refractivity contribution in [2.45, 2.75) is 60.8 Å². The van der Waals surface area contributed by atoms with E-state index in [2.05, 4.69) is 36.9 Å². The van der Waals surface area contributed by atoms with E-state index in [1.54, 1.807) is 0 Å². The Balaban J connectivity index is 0.00000156. The highest BCUT2D eigenvalue weighted by molar-refractivity contribution is 5.76. The number of rotatable bonds is 6. The summed E-state index contributed by atoms with van der Waals surface area (Å²) < 4.78 is 26.5. The molecule has 5 heteroatoms. The highest BCUT2D eigenvalue weighted by atomic mass is 19.1. The number of aryl methyl sites for hydroxylation is 2. The molecule has 0 bridgehead atoms. The second kappa shape index (κ2) is 13.3. The van der Waals surface area contributed by atoms with Crippen LogP contribution < -0.4 is 4.90 Å². The number of benzene rings is 1. The van der Waals surface area contributed by atoms with Crippen LogP contribution in [-0.2, 0) is 4.79 Å². The molecule has 1 heterocycles. The lowest BCUT2D eigenvalue weighted by Crippen LogP contribution is -2.49. The van der Waals surface area contributed by atoms with Gasteiger partial charge in [-0.15, -0.1) is 0 Å². The number of anilines is 1. The molecule has 1 aliphatic heterocycles. The number of hydrogen-bond donors (Lipinski definition) is 0. The second-order valence-corrected chi connectivity index (χ2v) is 7.91. The molecular weight excluding hydrogens is 394 g/mol. The van der Waals surface area contributed by atoms with Gasteiger partial charge in [0.2, 0.25) is 5.91 Å². The Bertz CT molecular complexity index is 765. The molecule has 3 nitrogen and oxygen atoms in total. The summed E-state index contributed by atoms with van der Waals surface area (Å²) >= 11 is 0. The van der Waals surface area contributed by atoms with E-state index in [9.17, 15) is 13.6 Å². The van der Waals surface area contributed by atoms with Crippen molar-refractivity contribution in [2.24, 2.45) is 5.92 Å². The largest absolute Gasteiger partial charge is 0.368 e. The molecule has 0 radical (unpaired) electrons. The molecule has 2 aliphatic rings. The molecule has 1 fully saturated rings. The summed E-state index contributed by atoms with van der Waals surface area (Å²) in [5, 5.41) is 0. The fourth-order valence-electron chi connectivity index (χ4n) is 4.16. The van der Waals surface area contributed by atoms with Crippen LogP contribution in [0, 0.1) is 19.8 Å². The van der Waals surface area contributed by atoms with Gasteiger partial charge in [-0.2, -0.15) is 0 Å². The molecule has 1 amide bonds. The average molecular weight is 435 g/mol. The maximum Gasteiger partial charge on any atom is 0.222 e. The van der Waals surface area contributed by atoms with E-state index >= 15 is 0 Å². The van der Waals surface area contributed by atoms with E-state index in [0.717, 1.165) is 31.8 Å². The van der Waals surface area contributed by atoms with Crippen LogP contribution >= 0.6 is 0 Å². The molecule has 1 unspecified atom stereocenters. The highest BCUT2D eigenvalue weighted by Gasteiger charge is 2.23. The van der Waals surface area contributed by atoms with E-state index in [4.69, 9.17) is 0 Å². The first-order valence-corrected chi connectivity index (χ1v) is 11.2. The third kappa shape index (κ3) is 7.48. The van der Waals surface area contributed by atoms with Gasteiger partial charge >= 0.3 is 0 Å². The average Bonchev–Trinajstić information content (AvgIpc) is 2.75. The Labute approximate surface area is 187 Å². The van der Waals surface area contributed by atoms with Crippen LogP contribution in [0.3, 0.4) is 0 Å². The van der Waals surface area contributed by atoms with Crippen molar-refractivity contribution in [1.82, 2.24) is 4.90 Å². The number of allylic oxidation sites excluding steroid dienone is 4. The van der Waals surface area contributed by atoms with Crippen molar-refractivity contribution >= 4 is 11.6 Å². The Morgan fingerprint density at radius 2 is 1.81 bits per heavy atom. The fraction of sp³-hybridized carbons (Fsp3) is 0.577. The first-order chi connectivity index (χ1) is 14.5. The summed E-state index contributed by atoms with van der Waals surface area (Å²) in [5.41, 5.74) is 4.57. The number of carbonyl (C=O) groups excluding carboxylic acids is 1. The smallest absolute Gasteiger partial charge is 0.222 e. The maximum absolute atomic E-state index is 13.4. The van der Waals surface area contributed by atoms with Crippen LogP contribution in [0.4, 0.5) is 14.5 Å². The molecule has 1 saturated heterocycles. The van der Waals surface area contributed by atoms with Crippen LogP contribution in [0.15, 0.2) is 41.8 Å². The van der Waals surface area contributed by atoms with Gasteiger partial charge in [-0.25, -0.2) is 4.39 Å². The summed E-state index contributed by atoms with van der Waals surface area (Å²) in [4.78, 5) is 16.8. The summed E-state index contributed by atoms with van der Waals surface area (Å²) in [6.45, 7) is 10.9. The molecular formula is C26H40F2N2O. The molecule has 174 valence electrons. The summed E-state index contributed by atoms with van der Waals surface area (Å²) in [6, 6.07) is 6.48. The Morgan fingerprint density at radius 3 is 2.42 bits per heavy atom. The van der Waals surface area contributed by atoms with Crippen molar-refractivity contribution in [3.63, 3.8) is 0 Å². The van der Waals surface area contributed by atoms with Crippen molar-refractivity contribution < 1.29 is 13.6 Å². The standard InChI is InChI=1S/C23H30F2N2O.C2H6.CH4/c1-17-6-9-22(18(2)14-17)26-10-12-27(13-11-26)23(28)5-3-4-19-15-21(25)8-7-20(19)16-24;1-2;/h6,8-9,14-15,20H,3-5,7,10-13,16H2,1-2H3;1-2H3;1H4. The van der Waals surface area contributed by atoms with E-state index in [0.29, 0.717) is 25.7 Å². The minimum absolute atomic E-state index is 0. The third-order valence-corrected chi connectivity index (χ3v) is 5.81. The van der Waals surface area contributed by atoms with E-state index in [1.165, 1.54) is 29.0 Å². The van der Waals surface area contributed by atoms with Gasteiger partial charge in [0.1, 0.15) is 5.83 Å². The van der Waals surface area contributed by atoms with Crippen LogP contribution in [0.5, 0.6) is 0 Å². The van der Waals surface area contributed by atoms with Crippen molar-refractivity contribution in [3.8, 4) is 0 Å². The molecule has 0 saturated carbocycles. The lowest BCUT2D eigenvalue weighted by Gasteiger charge is -2.37. The molecule has 1 atom stereocenters. The van der Waals surface area contributed by atoms with Gasteiger partial charge in [-0.3, -0.25) is 9.18 Å². The van der Waals surface area contributed by atoms with Crippen molar-refractivity contribution in [1.29, 1.82) is 0 Å². The molecule has 3 rings (SSSR count). The van der Waals surface area contributed by atoms with Gasteiger partial charge in [0, 0.05) is 44.2 Å². The summed E-state index contributed by atoms with van der Waals surface area (Å²) in [5.74, 6) is -0.367. The fourth-order valence-corrected chi connectivity index (χ4v) is 4.16. The number of hydrogen-bond acceptors (Lipinski definition) is 2. The predicted molar refractivity (Wildman–Crippen MR) is 128 cm³/mol. The number of halogens is 2. The van der Waals surface area contributed by atoms with Gasteiger partial charge in [0.05, 0.1) is 6.67 Å². The van der Waals surface area contributed by atoms with Crippen molar-refractivity contribution in [3.05, 3.63) is 52.9 Å². The number of alkyl halides is 1. The van der Waals surface area contributed by atoms with Gasteiger partial charge in [-0.05, 0) is 56.9 Å². The van der Waals surface area contributed by atoms with Crippen LogP contribution in [-0.4, -0.2) is 43.7 Å². The minimum atomic E-state index is -0.468. The number of nitrogens with zero attached hydrogens (tertiary/aromatic N) is 2. The quantitative estimate of drug-likeness (QED) is 0.506. The monoisotopic (exact) mass is 434 g/mol. The van der Waals surface area contributed by atoms with Gasteiger partial charge < -0.3 is 9.80 Å². The van der Waals surface area contributed by atoms with Gasteiger partial charge in [-0.1, -0.05) is 44.5 Å². The lowest BCUT2D eigenvalue weighted by atomic mass is 9.88. The van der Waals surface area contributed by atoms with E-state index in [-0.39, 0.29) is 25.1 Å². The zero-order chi connectivity index (χ0) is 22.1. The lowest BCUT2D eigenvalue weighted by molar-refractivity contribution is -0.131. The number of carbonyl (C=O) groups is 1.